The highest BCUT2D eigenvalue weighted by atomic mass is 79.9. The van der Waals surface area contributed by atoms with Crippen LogP contribution in [0.1, 0.15) is 12.8 Å². The predicted molar refractivity (Wildman–Crippen MR) is 65.6 cm³/mol. The van der Waals surface area contributed by atoms with E-state index in [0.29, 0.717) is 5.70 Å². The predicted octanol–water partition coefficient (Wildman–Crippen LogP) is 1.08. The Kier molecular flexibility index (Phi) is 5.47. The molecule has 0 saturated carbocycles. The minimum absolute atomic E-state index is 0.424. The van der Waals surface area contributed by atoms with Gasteiger partial charge in [-0.3, -0.25) is 4.79 Å². The van der Waals surface area contributed by atoms with Crippen molar-refractivity contribution in [2.75, 3.05) is 27.3 Å². The maximum atomic E-state index is 11.5. The van der Waals surface area contributed by atoms with Crippen molar-refractivity contribution in [3.05, 3.63) is 11.8 Å². The molecule has 96 valence electrons. The van der Waals surface area contributed by atoms with Crippen LogP contribution >= 0.6 is 15.9 Å². The number of carbonyl (C=O) groups is 2. The zero-order valence-electron chi connectivity index (χ0n) is 9.94. The third-order valence-corrected chi connectivity index (χ3v) is 3.45. The van der Waals surface area contributed by atoms with E-state index in [2.05, 4.69) is 25.4 Å². The molecule has 0 aliphatic carbocycles. The highest BCUT2D eigenvalue weighted by Gasteiger charge is 2.27. The second-order valence-electron chi connectivity index (χ2n) is 3.67. The third kappa shape index (κ3) is 3.73. The molecule has 1 heterocycles. The standard InChI is InChI=1S/C11H16BrNO4/c1-16-9(14)7-8(10(12)11(15)17-2)13-5-3-4-6-13/h7,10H,3-6H2,1-2H3/b8-7+. The van der Waals surface area contributed by atoms with E-state index in [-0.39, 0.29) is 0 Å². The zero-order valence-corrected chi connectivity index (χ0v) is 11.5. The van der Waals surface area contributed by atoms with Crippen LogP contribution in [0.4, 0.5) is 0 Å². The largest absolute Gasteiger partial charge is 0.468 e. The molecule has 0 radical (unpaired) electrons. The first kappa shape index (κ1) is 14.0. The van der Waals surface area contributed by atoms with Crippen LogP contribution in [0.25, 0.3) is 0 Å². The molecule has 1 fully saturated rings. The van der Waals surface area contributed by atoms with E-state index >= 15 is 0 Å². The Morgan fingerprint density at radius 1 is 1.24 bits per heavy atom. The zero-order chi connectivity index (χ0) is 12.8. The molecule has 5 nitrogen and oxygen atoms in total. The number of esters is 2. The Hall–Kier alpha value is -1.04. The number of nitrogens with zero attached hydrogens (tertiary/aromatic N) is 1. The summed E-state index contributed by atoms with van der Waals surface area (Å²) in [5.74, 6) is -0.896. The molecule has 6 heteroatoms. The van der Waals surface area contributed by atoms with Crippen LogP contribution in [0.15, 0.2) is 11.8 Å². The average molecular weight is 306 g/mol. The van der Waals surface area contributed by atoms with Crippen LogP contribution in [-0.4, -0.2) is 49.0 Å². The molecule has 0 aromatic rings. The van der Waals surface area contributed by atoms with Gasteiger partial charge in [-0.2, -0.15) is 0 Å². The normalized spacial score (nSPS) is 17.8. The quantitative estimate of drug-likeness (QED) is 0.442. The molecule has 0 bridgehead atoms. The van der Waals surface area contributed by atoms with Crippen molar-refractivity contribution in [1.82, 2.24) is 4.90 Å². The lowest BCUT2D eigenvalue weighted by Gasteiger charge is -2.24. The number of ether oxygens (including phenoxy) is 2. The van der Waals surface area contributed by atoms with Crippen LogP contribution in [0.3, 0.4) is 0 Å². The first-order valence-corrected chi connectivity index (χ1v) is 6.28. The van der Waals surface area contributed by atoms with Crippen LogP contribution in [-0.2, 0) is 19.1 Å². The fourth-order valence-corrected chi connectivity index (χ4v) is 2.31. The number of alkyl halides is 1. The lowest BCUT2D eigenvalue weighted by Crippen LogP contribution is -2.31. The Morgan fingerprint density at radius 2 is 1.82 bits per heavy atom. The fourth-order valence-electron chi connectivity index (χ4n) is 1.70. The van der Waals surface area contributed by atoms with E-state index in [1.165, 1.54) is 20.3 Å². The van der Waals surface area contributed by atoms with Crippen molar-refractivity contribution in [1.29, 1.82) is 0 Å². The Bertz CT molecular complexity index is 323. The summed E-state index contributed by atoms with van der Waals surface area (Å²) in [5.41, 5.74) is 0.598. The van der Waals surface area contributed by atoms with Gasteiger partial charge in [-0.05, 0) is 12.8 Å². The van der Waals surface area contributed by atoms with Gasteiger partial charge < -0.3 is 14.4 Å². The highest BCUT2D eigenvalue weighted by molar-refractivity contribution is 9.10. The lowest BCUT2D eigenvalue weighted by atomic mass is 10.2. The molecule has 0 aromatic carbocycles. The maximum Gasteiger partial charge on any atom is 0.332 e. The van der Waals surface area contributed by atoms with Crippen molar-refractivity contribution in [3.8, 4) is 0 Å². The van der Waals surface area contributed by atoms with Gasteiger partial charge in [0.2, 0.25) is 0 Å². The van der Waals surface area contributed by atoms with Gasteiger partial charge in [0, 0.05) is 24.9 Å². The highest BCUT2D eigenvalue weighted by Crippen LogP contribution is 2.23. The summed E-state index contributed by atoms with van der Waals surface area (Å²) in [7, 11) is 2.62. The molecule has 1 atom stereocenters. The van der Waals surface area contributed by atoms with Gasteiger partial charge >= 0.3 is 11.9 Å². The number of carbonyl (C=O) groups excluding carboxylic acids is 2. The molecule has 1 saturated heterocycles. The molecule has 1 aliphatic rings. The summed E-state index contributed by atoms with van der Waals surface area (Å²) in [6, 6.07) is 0. The topological polar surface area (TPSA) is 55.8 Å². The summed E-state index contributed by atoms with van der Waals surface area (Å²) in [5, 5.41) is 0. The molecule has 1 aliphatic heterocycles. The summed E-state index contributed by atoms with van der Waals surface area (Å²) in [6.45, 7) is 1.67. The molecule has 0 aromatic heterocycles. The van der Waals surface area contributed by atoms with Crippen LogP contribution in [0.2, 0.25) is 0 Å². The molecular weight excluding hydrogens is 290 g/mol. The molecule has 0 spiro atoms. The number of hydrogen-bond acceptors (Lipinski definition) is 5. The SMILES string of the molecule is COC(=O)/C=C(\C(Br)C(=O)OC)N1CCCC1. The van der Waals surface area contributed by atoms with Crippen LogP contribution in [0.5, 0.6) is 0 Å². The Morgan fingerprint density at radius 3 is 2.29 bits per heavy atom. The number of hydrogen-bond donors (Lipinski definition) is 0. The fraction of sp³-hybridized carbons (Fsp3) is 0.636. The maximum absolute atomic E-state index is 11.5. The molecule has 1 rings (SSSR count). The Labute approximate surface area is 109 Å². The average Bonchev–Trinajstić information content (AvgIpc) is 2.87. The van der Waals surface area contributed by atoms with Gasteiger partial charge in [-0.15, -0.1) is 0 Å². The van der Waals surface area contributed by atoms with E-state index in [9.17, 15) is 9.59 Å². The van der Waals surface area contributed by atoms with Crippen molar-refractivity contribution in [3.63, 3.8) is 0 Å². The van der Waals surface area contributed by atoms with Gasteiger partial charge in [0.1, 0.15) is 0 Å². The molecule has 0 N–H and O–H groups in total. The molecule has 17 heavy (non-hydrogen) atoms. The summed E-state index contributed by atoms with van der Waals surface area (Å²) < 4.78 is 9.25. The molecule has 0 amide bonds. The van der Waals surface area contributed by atoms with Gasteiger partial charge in [-0.1, -0.05) is 15.9 Å². The number of halogens is 1. The lowest BCUT2D eigenvalue weighted by molar-refractivity contribution is -0.139. The number of methoxy groups -OCH3 is 2. The first-order valence-electron chi connectivity index (χ1n) is 5.36. The summed E-state index contributed by atoms with van der Waals surface area (Å²) in [4.78, 5) is 24.1. The van der Waals surface area contributed by atoms with Gasteiger partial charge in [0.25, 0.3) is 0 Å². The second-order valence-corrected chi connectivity index (χ2v) is 4.59. The van der Waals surface area contributed by atoms with E-state index in [4.69, 9.17) is 0 Å². The van der Waals surface area contributed by atoms with Crippen LogP contribution in [0, 0.1) is 0 Å². The van der Waals surface area contributed by atoms with E-state index in [0.717, 1.165) is 25.9 Å². The number of likely N-dealkylation sites (tertiary alicyclic amines) is 1. The molecule has 1 unspecified atom stereocenters. The van der Waals surface area contributed by atoms with Crippen molar-refractivity contribution >= 4 is 27.9 Å². The third-order valence-electron chi connectivity index (χ3n) is 2.61. The van der Waals surface area contributed by atoms with Gasteiger partial charge in [0.15, 0.2) is 4.83 Å². The van der Waals surface area contributed by atoms with Gasteiger partial charge in [-0.25, -0.2) is 4.79 Å². The monoisotopic (exact) mass is 305 g/mol. The smallest absolute Gasteiger partial charge is 0.332 e. The van der Waals surface area contributed by atoms with E-state index in [1.807, 2.05) is 4.90 Å². The van der Waals surface area contributed by atoms with Gasteiger partial charge in [0.05, 0.1) is 14.2 Å². The van der Waals surface area contributed by atoms with Crippen molar-refractivity contribution in [2.24, 2.45) is 0 Å². The summed E-state index contributed by atoms with van der Waals surface area (Å²) in [6.07, 6.45) is 3.44. The molecular formula is C11H16BrNO4. The number of rotatable bonds is 4. The van der Waals surface area contributed by atoms with Crippen molar-refractivity contribution in [2.45, 2.75) is 17.7 Å². The minimum atomic E-state index is -0.635. The van der Waals surface area contributed by atoms with E-state index < -0.39 is 16.8 Å². The van der Waals surface area contributed by atoms with E-state index in [1.54, 1.807) is 0 Å². The second kappa shape index (κ2) is 6.64. The Balaban J connectivity index is 2.88. The van der Waals surface area contributed by atoms with Crippen molar-refractivity contribution < 1.29 is 19.1 Å². The minimum Gasteiger partial charge on any atom is -0.468 e. The summed E-state index contributed by atoms with van der Waals surface area (Å²) >= 11 is 3.25. The van der Waals surface area contributed by atoms with Crippen LogP contribution < -0.4 is 0 Å². The first-order chi connectivity index (χ1) is 8.10.